The first-order valence-corrected chi connectivity index (χ1v) is 6.23. The van der Waals surface area contributed by atoms with Gasteiger partial charge in [-0.3, -0.25) is 4.79 Å². The zero-order valence-electron chi connectivity index (χ0n) is 10.6. The van der Waals surface area contributed by atoms with Gasteiger partial charge in [0.05, 0.1) is 17.3 Å². The average molecular weight is 301 g/mol. The van der Waals surface area contributed by atoms with E-state index in [0.717, 1.165) is 0 Å². The molecule has 20 heavy (non-hydrogen) atoms. The standard InChI is InChI=1S/C12H13ClN2O5/c1-2-18-12(17)10(14)11(16)15-7-4-9-8(3-6(7)13)19-5-20-9/h3-4,10H,2,5,14H2,1H3,(H,15,16). The summed E-state index contributed by atoms with van der Waals surface area (Å²) in [5.41, 5.74) is 5.75. The molecule has 1 amide bonds. The predicted molar refractivity (Wildman–Crippen MR) is 70.8 cm³/mol. The van der Waals surface area contributed by atoms with E-state index in [2.05, 4.69) is 10.1 Å². The maximum absolute atomic E-state index is 11.8. The van der Waals surface area contributed by atoms with Crippen molar-refractivity contribution >= 4 is 29.2 Å². The smallest absolute Gasteiger partial charge is 0.332 e. The van der Waals surface area contributed by atoms with Gasteiger partial charge in [-0.1, -0.05) is 11.6 Å². The molecule has 0 spiro atoms. The lowest BCUT2D eigenvalue weighted by Crippen LogP contribution is -2.43. The number of hydrogen-bond acceptors (Lipinski definition) is 6. The molecular formula is C12H13ClN2O5. The second-order valence-electron chi connectivity index (χ2n) is 3.90. The molecule has 1 unspecified atom stereocenters. The first-order chi connectivity index (χ1) is 9.52. The summed E-state index contributed by atoms with van der Waals surface area (Å²) in [6, 6.07) is 1.59. The lowest BCUT2D eigenvalue weighted by atomic mass is 10.2. The van der Waals surface area contributed by atoms with Gasteiger partial charge in [-0.15, -0.1) is 0 Å². The number of nitrogens with two attached hydrogens (primary N) is 1. The summed E-state index contributed by atoms with van der Waals surface area (Å²) >= 11 is 5.99. The summed E-state index contributed by atoms with van der Waals surface area (Å²) in [5.74, 6) is -0.580. The van der Waals surface area contributed by atoms with Crippen LogP contribution in [0, 0.1) is 0 Å². The Hall–Kier alpha value is -1.99. The minimum absolute atomic E-state index is 0.0887. The Bertz CT molecular complexity index is 549. The van der Waals surface area contributed by atoms with Gasteiger partial charge in [0.2, 0.25) is 6.79 Å². The molecule has 0 radical (unpaired) electrons. The van der Waals surface area contributed by atoms with E-state index in [1.54, 1.807) is 6.92 Å². The number of ether oxygens (including phenoxy) is 3. The van der Waals surface area contributed by atoms with Crippen molar-refractivity contribution in [1.29, 1.82) is 0 Å². The monoisotopic (exact) mass is 300 g/mol. The minimum atomic E-state index is -1.42. The van der Waals surface area contributed by atoms with E-state index >= 15 is 0 Å². The van der Waals surface area contributed by atoms with Gasteiger partial charge in [-0.2, -0.15) is 0 Å². The third kappa shape index (κ3) is 2.94. The molecule has 0 saturated heterocycles. The first kappa shape index (κ1) is 14.4. The molecule has 3 N–H and O–H groups in total. The molecule has 7 nitrogen and oxygen atoms in total. The van der Waals surface area contributed by atoms with E-state index in [9.17, 15) is 9.59 Å². The number of halogens is 1. The van der Waals surface area contributed by atoms with Crippen molar-refractivity contribution in [3.8, 4) is 11.5 Å². The summed E-state index contributed by atoms with van der Waals surface area (Å²) in [6.07, 6.45) is 0. The molecular weight excluding hydrogens is 288 g/mol. The number of carbonyl (C=O) groups excluding carboxylic acids is 2. The summed E-state index contributed by atoms with van der Waals surface area (Å²) in [5, 5.41) is 2.70. The van der Waals surface area contributed by atoms with Crippen LogP contribution in [0.2, 0.25) is 5.02 Å². The van der Waals surface area contributed by atoms with Crippen LogP contribution in [0.3, 0.4) is 0 Å². The van der Waals surface area contributed by atoms with Crippen LogP contribution < -0.4 is 20.5 Å². The minimum Gasteiger partial charge on any atom is -0.464 e. The summed E-state index contributed by atoms with van der Waals surface area (Å²) in [6.45, 7) is 1.85. The molecule has 1 atom stereocenters. The number of carbonyl (C=O) groups is 2. The summed E-state index contributed by atoms with van der Waals surface area (Å²) in [4.78, 5) is 23.2. The van der Waals surface area contributed by atoms with Crippen LogP contribution in [0.4, 0.5) is 5.69 Å². The van der Waals surface area contributed by atoms with Gasteiger partial charge in [0.1, 0.15) is 0 Å². The Labute approximate surface area is 119 Å². The van der Waals surface area contributed by atoms with Crippen molar-refractivity contribution in [3.05, 3.63) is 17.2 Å². The largest absolute Gasteiger partial charge is 0.464 e. The van der Waals surface area contributed by atoms with Crippen molar-refractivity contribution in [3.63, 3.8) is 0 Å². The van der Waals surface area contributed by atoms with E-state index in [4.69, 9.17) is 26.8 Å². The normalized spacial score (nSPS) is 13.8. The van der Waals surface area contributed by atoms with E-state index < -0.39 is 17.9 Å². The predicted octanol–water partition coefficient (Wildman–Crippen LogP) is 0.898. The van der Waals surface area contributed by atoms with E-state index in [-0.39, 0.29) is 24.1 Å². The average Bonchev–Trinajstić information content (AvgIpc) is 2.85. The number of anilines is 1. The zero-order chi connectivity index (χ0) is 14.7. The molecule has 0 aliphatic carbocycles. The molecule has 108 valence electrons. The fraction of sp³-hybridized carbons (Fsp3) is 0.333. The molecule has 8 heteroatoms. The van der Waals surface area contributed by atoms with Crippen molar-refractivity contribution in [2.45, 2.75) is 13.0 Å². The van der Waals surface area contributed by atoms with Crippen LogP contribution >= 0.6 is 11.6 Å². The van der Waals surface area contributed by atoms with Crippen molar-refractivity contribution in [2.24, 2.45) is 5.73 Å². The number of benzene rings is 1. The van der Waals surface area contributed by atoms with Gasteiger partial charge in [0.15, 0.2) is 17.5 Å². The highest BCUT2D eigenvalue weighted by Gasteiger charge is 2.25. The molecule has 0 fully saturated rings. The van der Waals surface area contributed by atoms with Crippen molar-refractivity contribution < 1.29 is 23.8 Å². The Morgan fingerprint density at radius 2 is 2.10 bits per heavy atom. The summed E-state index contributed by atoms with van der Waals surface area (Å²) in [7, 11) is 0. The lowest BCUT2D eigenvalue weighted by Gasteiger charge is -2.12. The van der Waals surface area contributed by atoms with Crippen LogP contribution in [0.25, 0.3) is 0 Å². The highest BCUT2D eigenvalue weighted by Crippen LogP contribution is 2.39. The van der Waals surface area contributed by atoms with Gasteiger partial charge in [-0.25, -0.2) is 4.79 Å². The van der Waals surface area contributed by atoms with Crippen LogP contribution in [-0.4, -0.2) is 31.3 Å². The number of rotatable bonds is 4. The Morgan fingerprint density at radius 3 is 2.75 bits per heavy atom. The van der Waals surface area contributed by atoms with Gasteiger partial charge in [0, 0.05) is 12.1 Å². The number of nitrogens with one attached hydrogen (secondary N) is 1. The van der Waals surface area contributed by atoms with Gasteiger partial charge >= 0.3 is 5.97 Å². The fourth-order valence-electron chi connectivity index (χ4n) is 1.56. The zero-order valence-corrected chi connectivity index (χ0v) is 11.4. The van der Waals surface area contributed by atoms with E-state index in [1.165, 1.54) is 12.1 Å². The van der Waals surface area contributed by atoms with E-state index in [1.807, 2.05) is 0 Å². The van der Waals surface area contributed by atoms with Crippen LogP contribution in [0.15, 0.2) is 12.1 Å². The molecule has 1 heterocycles. The SMILES string of the molecule is CCOC(=O)C(N)C(=O)Nc1cc2c(cc1Cl)OCO2. The van der Waals surface area contributed by atoms with Crippen LogP contribution in [-0.2, 0) is 14.3 Å². The first-order valence-electron chi connectivity index (χ1n) is 5.85. The third-order valence-corrected chi connectivity index (χ3v) is 2.86. The highest BCUT2D eigenvalue weighted by molar-refractivity contribution is 6.34. The maximum atomic E-state index is 11.8. The molecule has 0 aromatic heterocycles. The molecule has 0 saturated carbocycles. The Balaban J connectivity index is 2.10. The fourth-order valence-corrected chi connectivity index (χ4v) is 1.76. The highest BCUT2D eigenvalue weighted by atomic mass is 35.5. The molecule has 1 aromatic carbocycles. The van der Waals surface area contributed by atoms with Crippen molar-refractivity contribution in [2.75, 3.05) is 18.7 Å². The number of fused-ring (bicyclic) bond motifs is 1. The second kappa shape index (κ2) is 5.98. The Kier molecular flexibility index (Phi) is 4.31. The number of esters is 1. The number of hydrogen-bond donors (Lipinski definition) is 2. The number of amides is 1. The molecule has 1 aromatic rings. The second-order valence-corrected chi connectivity index (χ2v) is 4.31. The van der Waals surface area contributed by atoms with E-state index in [0.29, 0.717) is 11.5 Å². The molecule has 2 rings (SSSR count). The third-order valence-electron chi connectivity index (χ3n) is 2.54. The molecule has 0 bridgehead atoms. The quantitative estimate of drug-likeness (QED) is 0.633. The lowest BCUT2D eigenvalue weighted by molar-refractivity contribution is -0.146. The summed E-state index contributed by atoms with van der Waals surface area (Å²) < 4.78 is 15.0. The van der Waals surface area contributed by atoms with Crippen molar-refractivity contribution in [1.82, 2.24) is 0 Å². The molecule has 1 aliphatic rings. The topological polar surface area (TPSA) is 99.9 Å². The molecule has 1 aliphatic heterocycles. The van der Waals surface area contributed by atoms with Gasteiger partial charge in [-0.05, 0) is 6.92 Å². The van der Waals surface area contributed by atoms with Gasteiger partial charge in [0.25, 0.3) is 5.91 Å². The Morgan fingerprint density at radius 1 is 1.45 bits per heavy atom. The van der Waals surface area contributed by atoms with Crippen LogP contribution in [0.1, 0.15) is 6.92 Å². The van der Waals surface area contributed by atoms with Gasteiger partial charge < -0.3 is 25.3 Å². The van der Waals surface area contributed by atoms with Crippen LogP contribution in [0.5, 0.6) is 11.5 Å². The maximum Gasteiger partial charge on any atom is 0.332 e.